The van der Waals surface area contributed by atoms with Crippen molar-refractivity contribution in [3.63, 3.8) is 0 Å². The van der Waals surface area contributed by atoms with Gasteiger partial charge in [-0.05, 0) is 45.9 Å². The highest BCUT2D eigenvalue weighted by molar-refractivity contribution is 5.79. The van der Waals surface area contributed by atoms with Gasteiger partial charge >= 0.3 is 5.97 Å². The van der Waals surface area contributed by atoms with E-state index in [1.807, 2.05) is 7.05 Å². The zero-order chi connectivity index (χ0) is 11.3. The van der Waals surface area contributed by atoms with Gasteiger partial charge in [-0.15, -0.1) is 0 Å². The highest BCUT2D eigenvalue weighted by Crippen LogP contribution is 2.20. The Hall–Kier alpha value is -0.870. The zero-order valence-electron chi connectivity index (χ0n) is 9.44. The summed E-state index contributed by atoms with van der Waals surface area (Å²) >= 11 is 0. The summed E-state index contributed by atoms with van der Waals surface area (Å²) in [4.78, 5) is 12.7. The van der Waals surface area contributed by atoms with Crippen LogP contribution in [0.3, 0.4) is 0 Å². The number of piperidine rings is 1. The minimum Gasteiger partial charge on any atom is -0.478 e. The number of aliphatic carboxylic acids is 1. The Kier molecular flexibility index (Phi) is 4.78. The summed E-state index contributed by atoms with van der Waals surface area (Å²) in [5.74, 6) is -0.315. The predicted octanol–water partition coefficient (Wildman–Crippen LogP) is 0.557. The van der Waals surface area contributed by atoms with Gasteiger partial charge in [0.05, 0.1) is 0 Å². The number of hydrogen-bond donors (Lipinski definition) is 2. The minimum absolute atomic E-state index is 0.190. The van der Waals surface area contributed by atoms with Crippen LogP contribution in [0.25, 0.3) is 0 Å². The molecule has 86 valence electrons. The zero-order valence-corrected chi connectivity index (χ0v) is 9.44. The van der Waals surface area contributed by atoms with E-state index < -0.39 is 5.97 Å². The number of carbonyl (C=O) groups is 1. The molecule has 1 aliphatic rings. The fourth-order valence-electron chi connectivity index (χ4n) is 2.06. The van der Waals surface area contributed by atoms with Crippen LogP contribution in [0, 0.1) is 5.92 Å². The van der Waals surface area contributed by atoms with Gasteiger partial charge < -0.3 is 15.3 Å². The molecule has 1 heterocycles. The van der Waals surface area contributed by atoms with E-state index in [0.29, 0.717) is 5.92 Å². The maximum atomic E-state index is 10.4. The second-order valence-corrected chi connectivity index (χ2v) is 4.15. The molecule has 0 aromatic rings. The van der Waals surface area contributed by atoms with Crippen molar-refractivity contribution in [3.8, 4) is 0 Å². The summed E-state index contributed by atoms with van der Waals surface area (Å²) in [5, 5.41) is 11.7. The van der Waals surface area contributed by atoms with Crippen LogP contribution in [0.1, 0.15) is 12.8 Å². The van der Waals surface area contributed by atoms with Crippen molar-refractivity contribution < 1.29 is 9.90 Å². The van der Waals surface area contributed by atoms with E-state index in [-0.39, 0.29) is 6.04 Å². The van der Waals surface area contributed by atoms with E-state index >= 15 is 0 Å². The third-order valence-electron chi connectivity index (χ3n) is 3.05. The maximum absolute atomic E-state index is 10.4. The van der Waals surface area contributed by atoms with Gasteiger partial charge in [0, 0.05) is 12.1 Å². The van der Waals surface area contributed by atoms with Crippen LogP contribution in [-0.4, -0.2) is 49.2 Å². The number of carboxylic acids is 1. The Labute approximate surface area is 91.0 Å². The van der Waals surface area contributed by atoms with Crippen molar-refractivity contribution in [2.75, 3.05) is 27.2 Å². The highest BCUT2D eigenvalue weighted by atomic mass is 16.4. The molecule has 1 rings (SSSR count). The summed E-state index contributed by atoms with van der Waals surface area (Å²) < 4.78 is 0. The van der Waals surface area contributed by atoms with Crippen molar-refractivity contribution in [1.82, 2.24) is 10.2 Å². The first-order valence-electron chi connectivity index (χ1n) is 5.40. The lowest BCUT2D eigenvalue weighted by atomic mass is 9.89. The van der Waals surface area contributed by atoms with Crippen molar-refractivity contribution in [2.24, 2.45) is 5.92 Å². The number of nitrogens with zero attached hydrogens (tertiary/aromatic N) is 1. The number of rotatable bonds is 4. The molecule has 0 aromatic carbocycles. The molecule has 1 unspecified atom stereocenters. The highest BCUT2D eigenvalue weighted by Gasteiger charge is 2.22. The first kappa shape index (κ1) is 12.2. The number of likely N-dealkylation sites (tertiary alicyclic amines) is 1. The lowest BCUT2D eigenvalue weighted by molar-refractivity contribution is -0.131. The molecule has 1 fully saturated rings. The molecule has 0 aliphatic carbocycles. The van der Waals surface area contributed by atoms with Gasteiger partial charge in [-0.25, -0.2) is 4.79 Å². The second-order valence-electron chi connectivity index (χ2n) is 4.15. The monoisotopic (exact) mass is 212 g/mol. The molecule has 1 aliphatic heterocycles. The largest absolute Gasteiger partial charge is 0.478 e. The van der Waals surface area contributed by atoms with Crippen molar-refractivity contribution in [3.05, 3.63) is 12.2 Å². The van der Waals surface area contributed by atoms with E-state index in [1.54, 1.807) is 6.08 Å². The Morgan fingerprint density at radius 1 is 1.53 bits per heavy atom. The third kappa shape index (κ3) is 4.01. The Bertz CT molecular complexity index is 233. The Morgan fingerprint density at radius 3 is 2.60 bits per heavy atom. The molecule has 4 nitrogen and oxygen atoms in total. The summed E-state index contributed by atoms with van der Waals surface area (Å²) in [6, 6.07) is 0.190. The van der Waals surface area contributed by atoms with Crippen LogP contribution in [0.5, 0.6) is 0 Å². The van der Waals surface area contributed by atoms with Crippen LogP contribution >= 0.6 is 0 Å². The van der Waals surface area contributed by atoms with Crippen LogP contribution in [0.2, 0.25) is 0 Å². The fourth-order valence-corrected chi connectivity index (χ4v) is 2.06. The number of carboxylic acid groups (broad SMARTS) is 1. The molecule has 0 aromatic heterocycles. The molecule has 0 radical (unpaired) electrons. The van der Waals surface area contributed by atoms with E-state index in [9.17, 15) is 4.79 Å². The summed E-state index contributed by atoms with van der Waals surface area (Å²) in [6.45, 7) is 2.20. The fraction of sp³-hybridized carbons (Fsp3) is 0.727. The van der Waals surface area contributed by atoms with Gasteiger partial charge in [0.1, 0.15) is 0 Å². The lowest BCUT2D eigenvalue weighted by Crippen LogP contribution is -2.40. The van der Waals surface area contributed by atoms with Gasteiger partial charge in [-0.2, -0.15) is 0 Å². The van der Waals surface area contributed by atoms with Crippen LogP contribution in [-0.2, 0) is 4.79 Å². The Morgan fingerprint density at radius 2 is 2.13 bits per heavy atom. The quantitative estimate of drug-likeness (QED) is 0.668. The average Bonchev–Trinajstić information content (AvgIpc) is 2.21. The van der Waals surface area contributed by atoms with E-state index in [1.165, 1.54) is 6.08 Å². The molecule has 15 heavy (non-hydrogen) atoms. The lowest BCUT2D eigenvalue weighted by Gasteiger charge is -2.32. The molecule has 0 spiro atoms. The number of hydrogen-bond acceptors (Lipinski definition) is 3. The molecular formula is C11H20N2O2. The van der Waals surface area contributed by atoms with Gasteiger partial charge in [0.2, 0.25) is 0 Å². The van der Waals surface area contributed by atoms with E-state index in [0.717, 1.165) is 25.9 Å². The number of nitrogens with one attached hydrogen (secondary N) is 1. The van der Waals surface area contributed by atoms with Crippen molar-refractivity contribution in [1.29, 1.82) is 0 Å². The molecule has 0 saturated carbocycles. The standard InChI is InChI=1S/C11H20N2O2/c1-12-10(3-4-11(14)15)9-5-7-13(2)8-6-9/h3-4,9-10,12H,5-8H2,1-2H3,(H,14,15)/b4-3+. The molecule has 1 saturated heterocycles. The van der Waals surface area contributed by atoms with Crippen LogP contribution in [0.15, 0.2) is 12.2 Å². The SMILES string of the molecule is CNC(/C=C/C(=O)O)C1CCN(C)CC1. The minimum atomic E-state index is -0.872. The first-order valence-corrected chi connectivity index (χ1v) is 5.40. The van der Waals surface area contributed by atoms with Gasteiger partial charge in [-0.1, -0.05) is 6.08 Å². The topological polar surface area (TPSA) is 52.6 Å². The number of likely N-dealkylation sites (N-methyl/N-ethyl adjacent to an activating group) is 1. The van der Waals surface area contributed by atoms with Crippen LogP contribution in [0.4, 0.5) is 0 Å². The first-order chi connectivity index (χ1) is 7.13. The molecule has 1 atom stereocenters. The molecule has 0 bridgehead atoms. The predicted molar refractivity (Wildman–Crippen MR) is 59.8 cm³/mol. The van der Waals surface area contributed by atoms with E-state index in [2.05, 4.69) is 17.3 Å². The van der Waals surface area contributed by atoms with E-state index in [4.69, 9.17) is 5.11 Å². The molecule has 4 heteroatoms. The van der Waals surface area contributed by atoms with Crippen molar-refractivity contribution in [2.45, 2.75) is 18.9 Å². The second kappa shape index (κ2) is 5.88. The molecule has 2 N–H and O–H groups in total. The summed E-state index contributed by atoms with van der Waals surface area (Å²) in [7, 11) is 4.01. The average molecular weight is 212 g/mol. The van der Waals surface area contributed by atoms with Gasteiger partial charge in [-0.3, -0.25) is 0 Å². The molecular weight excluding hydrogens is 192 g/mol. The maximum Gasteiger partial charge on any atom is 0.328 e. The van der Waals surface area contributed by atoms with Gasteiger partial charge in [0.15, 0.2) is 0 Å². The third-order valence-corrected chi connectivity index (χ3v) is 3.05. The Balaban J connectivity index is 2.47. The van der Waals surface area contributed by atoms with Crippen molar-refractivity contribution >= 4 is 5.97 Å². The summed E-state index contributed by atoms with van der Waals surface area (Å²) in [6.07, 6.45) is 5.26. The van der Waals surface area contributed by atoms with Gasteiger partial charge in [0.25, 0.3) is 0 Å². The molecule has 0 amide bonds. The smallest absolute Gasteiger partial charge is 0.328 e. The normalized spacial score (nSPS) is 22.0. The van der Waals surface area contributed by atoms with Crippen LogP contribution < -0.4 is 5.32 Å². The summed E-state index contributed by atoms with van der Waals surface area (Å²) in [5.41, 5.74) is 0.